The molecule has 3 aromatic rings. The van der Waals surface area contributed by atoms with Gasteiger partial charge in [-0.3, -0.25) is 13.9 Å². The van der Waals surface area contributed by atoms with E-state index in [0.717, 1.165) is 15.7 Å². The zero-order valence-electron chi connectivity index (χ0n) is 16.5. The normalized spacial score (nSPS) is 14.7. The Kier molecular flexibility index (Phi) is 5.53. The van der Waals surface area contributed by atoms with Crippen LogP contribution in [-0.2, 0) is 23.6 Å². The van der Waals surface area contributed by atoms with Gasteiger partial charge in [-0.25, -0.2) is 14.8 Å². The lowest BCUT2D eigenvalue weighted by Gasteiger charge is -2.13. The minimum absolute atomic E-state index is 0.223. The monoisotopic (exact) mass is 414 g/mol. The predicted octanol–water partition coefficient (Wildman–Crippen LogP) is 1.86. The quantitative estimate of drug-likeness (QED) is 0.465. The van der Waals surface area contributed by atoms with Gasteiger partial charge in [-0.1, -0.05) is 24.3 Å². The summed E-state index contributed by atoms with van der Waals surface area (Å²) in [6.07, 6.45) is 0.459. The van der Waals surface area contributed by atoms with E-state index in [2.05, 4.69) is 4.98 Å². The van der Waals surface area contributed by atoms with Crippen molar-refractivity contribution in [3.8, 4) is 11.4 Å². The molecule has 0 bridgehead atoms. The first-order valence-corrected chi connectivity index (χ1v) is 10.4. The maximum Gasteiger partial charge on any atom is 0.332 e. The fourth-order valence-electron chi connectivity index (χ4n) is 3.30. The SMILES string of the molecule is Cc1ccccc1-c1nc(SCCC2OCCO2)c2c(=O)n(C)c(=O)n(C)c2n1. The molecule has 0 spiro atoms. The minimum atomic E-state index is -0.416. The molecule has 8 nitrogen and oxygen atoms in total. The summed E-state index contributed by atoms with van der Waals surface area (Å²) in [6.45, 7) is 3.19. The highest BCUT2D eigenvalue weighted by Gasteiger charge is 2.20. The molecule has 1 saturated heterocycles. The van der Waals surface area contributed by atoms with Crippen LogP contribution in [-0.4, -0.2) is 44.4 Å². The van der Waals surface area contributed by atoms with Crippen molar-refractivity contribution in [2.75, 3.05) is 19.0 Å². The van der Waals surface area contributed by atoms with Crippen LogP contribution in [0.2, 0.25) is 0 Å². The van der Waals surface area contributed by atoms with E-state index in [1.54, 1.807) is 7.05 Å². The summed E-state index contributed by atoms with van der Waals surface area (Å²) in [5, 5.41) is 0.910. The second-order valence-corrected chi connectivity index (χ2v) is 7.96. The summed E-state index contributed by atoms with van der Waals surface area (Å²) in [5.74, 6) is 1.16. The van der Waals surface area contributed by atoms with Crippen LogP contribution in [0.1, 0.15) is 12.0 Å². The van der Waals surface area contributed by atoms with Gasteiger partial charge in [0.2, 0.25) is 0 Å². The number of rotatable bonds is 5. The van der Waals surface area contributed by atoms with Crippen molar-refractivity contribution in [3.63, 3.8) is 0 Å². The summed E-state index contributed by atoms with van der Waals surface area (Å²) >= 11 is 1.45. The zero-order valence-corrected chi connectivity index (χ0v) is 17.4. The van der Waals surface area contributed by atoms with Gasteiger partial charge in [0.05, 0.1) is 13.2 Å². The highest BCUT2D eigenvalue weighted by Crippen LogP contribution is 2.28. The standard InChI is InChI=1S/C20H22N4O4S/c1-12-6-4-5-7-13(12)16-21-17-15(19(25)24(3)20(26)23(17)2)18(22-16)29-11-8-14-27-9-10-28-14/h4-7,14H,8-11H2,1-3H3. The van der Waals surface area contributed by atoms with Crippen LogP contribution in [0.15, 0.2) is 38.9 Å². The lowest BCUT2D eigenvalue weighted by molar-refractivity contribution is -0.0421. The molecule has 1 fully saturated rings. The summed E-state index contributed by atoms with van der Waals surface area (Å²) in [4.78, 5) is 34.6. The Balaban J connectivity index is 1.85. The molecule has 2 aromatic heterocycles. The van der Waals surface area contributed by atoms with Gasteiger partial charge in [0.15, 0.2) is 17.8 Å². The van der Waals surface area contributed by atoms with Crippen LogP contribution in [0.25, 0.3) is 22.4 Å². The molecule has 9 heteroatoms. The molecule has 3 heterocycles. The molecule has 0 N–H and O–H groups in total. The molecule has 0 atom stereocenters. The van der Waals surface area contributed by atoms with Crippen molar-refractivity contribution >= 4 is 22.8 Å². The highest BCUT2D eigenvalue weighted by molar-refractivity contribution is 7.99. The number of ether oxygens (including phenoxy) is 2. The summed E-state index contributed by atoms with van der Waals surface area (Å²) in [5.41, 5.74) is 1.41. The number of benzene rings is 1. The first-order chi connectivity index (χ1) is 14.0. The maximum atomic E-state index is 12.9. The number of hydrogen-bond donors (Lipinski definition) is 0. The fourth-order valence-corrected chi connectivity index (χ4v) is 4.28. The average Bonchev–Trinajstić information content (AvgIpc) is 3.24. The number of nitrogens with zero attached hydrogens (tertiary/aromatic N) is 4. The molecule has 0 saturated carbocycles. The minimum Gasteiger partial charge on any atom is -0.350 e. The summed E-state index contributed by atoms with van der Waals surface area (Å²) in [6, 6.07) is 7.78. The summed E-state index contributed by atoms with van der Waals surface area (Å²) < 4.78 is 13.5. The molecule has 1 aliphatic rings. The molecule has 0 aliphatic carbocycles. The fraction of sp³-hybridized carbons (Fsp3) is 0.400. The molecule has 1 aromatic carbocycles. The lowest BCUT2D eigenvalue weighted by Crippen LogP contribution is -2.37. The molecule has 152 valence electrons. The molecule has 0 amide bonds. The average molecular weight is 414 g/mol. The van der Waals surface area contributed by atoms with Gasteiger partial charge in [0.1, 0.15) is 10.4 Å². The van der Waals surface area contributed by atoms with E-state index in [4.69, 9.17) is 14.5 Å². The van der Waals surface area contributed by atoms with E-state index in [0.29, 0.717) is 47.3 Å². The van der Waals surface area contributed by atoms with Crippen LogP contribution >= 0.6 is 11.8 Å². The molecular weight excluding hydrogens is 392 g/mol. The molecule has 4 rings (SSSR count). The van der Waals surface area contributed by atoms with Gasteiger partial charge >= 0.3 is 5.69 Å². The van der Waals surface area contributed by atoms with E-state index < -0.39 is 11.2 Å². The van der Waals surface area contributed by atoms with Crippen LogP contribution in [0.3, 0.4) is 0 Å². The molecule has 1 aliphatic heterocycles. The van der Waals surface area contributed by atoms with Crippen molar-refractivity contribution in [1.82, 2.24) is 19.1 Å². The largest absolute Gasteiger partial charge is 0.350 e. The van der Waals surface area contributed by atoms with Crippen molar-refractivity contribution in [2.24, 2.45) is 14.1 Å². The van der Waals surface area contributed by atoms with Gasteiger partial charge in [-0.2, -0.15) is 0 Å². The van der Waals surface area contributed by atoms with Crippen molar-refractivity contribution in [2.45, 2.75) is 24.7 Å². The number of aromatic nitrogens is 4. The lowest BCUT2D eigenvalue weighted by atomic mass is 10.1. The number of aryl methyl sites for hydroxylation is 2. The Morgan fingerprint density at radius 2 is 1.83 bits per heavy atom. The van der Waals surface area contributed by atoms with Gasteiger partial charge in [0, 0.05) is 31.8 Å². The van der Waals surface area contributed by atoms with Crippen LogP contribution < -0.4 is 11.2 Å². The van der Waals surface area contributed by atoms with Crippen LogP contribution in [0.5, 0.6) is 0 Å². The van der Waals surface area contributed by atoms with Gasteiger partial charge in [0.25, 0.3) is 5.56 Å². The van der Waals surface area contributed by atoms with Crippen LogP contribution in [0, 0.1) is 6.92 Å². The predicted molar refractivity (Wildman–Crippen MR) is 111 cm³/mol. The van der Waals surface area contributed by atoms with Gasteiger partial charge in [-0.05, 0) is 12.5 Å². The number of thioether (sulfide) groups is 1. The Labute approximate surface area is 171 Å². The maximum absolute atomic E-state index is 12.9. The first kappa shape index (κ1) is 19.8. The number of fused-ring (bicyclic) bond motifs is 1. The van der Waals surface area contributed by atoms with E-state index in [1.807, 2.05) is 31.2 Å². The van der Waals surface area contributed by atoms with E-state index in [9.17, 15) is 9.59 Å². The molecular formula is C20H22N4O4S. The Morgan fingerprint density at radius 1 is 1.10 bits per heavy atom. The molecule has 0 radical (unpaired) electrons. The van der Waals surface area contributed by atoms with E-state index in [-0.39, 0.29) is 6.29 Å². The summed E-state index contributed by atoms with van der Waals surface area (Å²) in [7, 11) is 3.08. The van der Waals surface area contributed by atoms with Crippen molar-refractivity contribution in [3.05, 3.63) is 50.7 Å². The Hall–Kier alpha value is -2.49. The second kappa shape index (κ2) is 8.10. The van der Waals surface area contributed by atoms with E-state index in [1.165, 1.54) is 23.4 Å². The number of hydrogen-bond acceptors (Lipinski definition) is 7. The Bertz CT molecular complexity index is 1180. The third kappa shape index (κ3) is 3.73. The topological polar surface area (TPSA) is 88.2 Å². The van der Waals surface area contributed by atoms with E-state index >= 15 is 0 Å². The molecule has 29 heavy (non-hydrogen) atoms. The zero-order chi connectivity index (χ0) is 20.5. The third-order valence-corrected chi connectivity index (χ3v) is 5.94. The Morgan fingerprint density at radius 3 is 2.55 bits per heavy atom. The molecule has 0 unspecified atom stereocenters. The van der Waals surface area contributed by atoms with Crippen molar-refractivity contribution in [1.29, 1.82) is 0 Å². The smallest absolute Gasteiger partial charge is 0.332 e. The van der Waals surface area contributed by atoms with Crippen LogP contribution in [0.4, 0.5) is 0 Å². The van der Waals surface area contributed by atoms with Crippen molar-refractivity contribution < 1.29 is 9.47 Å². The highest BCUT2D eigenvalue weighted by atomic mass is 32.2. The van der Waals surface area contributed by atoms with Gasteiger partial charge < -0.3 is 9.47 Å². The second-order valence-electron chi connectivity index (χ2n) is 6.88. The first-order valence-electron chi connectivity index (χ1n) is 9.37. The van der Waals surface area contributed by atoms with Gasteiger partial charge in [-0.15, -0.1) is 11.8 Å². The third-order valence-electron chi connectivity index (χ3n) is 4.94.